The Labute approximate surface area is 155 Å². The van der Waals surface area contributed by atoms with Crippen molar-refractivity contribution in [1.82, 2.24) is 14.9 Å². The second kappa shape index (κ2) is 7.19. The molecule has 6 nitrogen and oxygen atoms in total. The smallest absolute Gasteiger partial charge is 0.257 e. The minimum Gasteiger partial charge on any atom is -0.381 e. The van der Waals surface area contributed by atoms with Crippen molar-refractivity contribution in [3.8, 4) is 11.3 Å². The molecule has 1 saturated heterocycles. The van der Waals surface area contributed by atoms with E-state index >= 15 is 4.39 Å². The quantitative estimate of drug-likeness (QED) is 0.891. The van der Waals surface area contributed by atoms with Gasteiger partial charge in [0.25, 0.3) is 5.91 Å². The molecule has 4 rings (SSSR count). The number of benzene rings is 1. The van der Waals surface area contributed by atoms with E-state index in [1.165, 1.54) is 6.07 Å². The van der Waals surface area contributed by atoms with Crippen LogP contribution in [0.3, 0.4) is 0 Å². The maximum atomic E-state index is 15.1. The molecule has 3 heterocycles. The van der Waals surface area contributed by atoms with Crippen LogP contribution in [0.1, 0.15) is 35.7 Å². The molecular weight excluding hydrogens is 354 g/mol. The third kappa shape index (κ3) is 3.25. The molecule has 0 radical (unpaired) electrons. The van der Waals surface area contributed by atoms with Crippen LogP contribution in [0.2, 0.25) is 0 Å². The maximum absolute atomic E-state index is 15.1. The molecule has 1 amide bonds. The lowest BCUT2D eigenvalue weighted by Crippen LogP contribution is -2.28. The molecule has 142 valence electrons. The highest BCUT2D eigenvalue weighted by Gasteiger charge is 2.32. The van der Waals surface area contributed by atoms with Gasteiger partial charge in [-0.2, -0.15) is 0 Å². The number of nitrogens with one attached hydrogen (secondary N) is 1. The summed E-state index contributed by atoms with van der Waals surface area (Å²) in [5.41, 5.74) is 0.432. The number of carbonyl (C=O) groups excluding carboxylic acids is 1. The van der Waals surface area contributed by atoms with Crippen molar-refractivity contribution < 1.29 is 18.3 Å². The first-order valence-electron chi connectivity index (χ1n) is 9.06. The van der Waals surface area contributed by atoms with Gasteiger partial charge >= 0.3 is 0 Å². The Morgan fingerprint density at radius 3 is 2.81 bits per heavy atom. The second-order valence-electron chi connectivity index (χ2n) is 6.70. The molecule has 0 bridgehead atoms. The number of ether oxygens (including phenoxy) is 1. The van der Waals surface area contributed by atoms with Gasteiger partial charge in [0.1, 0.15) is 11.5 Å². The van der Waals surface area contributed by atoms with E-state index in [-0.39, 0.29) is 34.7 Å². The van der Waals surface area contributed by atoms with Crippen LogP contribution in [0.5, 0.6) is 0 Å². The van der Waals surface area contributed by atoms with Gasteiger partial charge in [-0.15, -0.1) is 0 Å². The van der Waals surface area contributed by atoms with Crippen molar-refractivity contribution in [2.75, 3.05) is 25.1 Å². The molecular formula is C19H20F2N4O2. The standard InChI is InChI=1S/C19H20F2N4O2/c1-2-25-10-11-3-4-13(16(21)15(11)18(25)26)17-14(20)9-22-19(24-17)23-12-5-7-27-8-6-12/h3-4,9,12H,2,5-8,10H2,1H3,(H,22,23,24). The summed E-state index contributed by atoms with van der Waals surface area (Å²) in [5.74, 6) is -1.60. The molecule has 27 heavy (non-hydrogen) atoms. The zero-order valence-corrected chi connectivity index (χ0v) is 15.0. The van der Waals surface area contributed by atoms with Crippen molar-refractivity contribution in [1.29, 1.82) is 0 Å². The monoisotopic (exact) mass is 374 g/mol. The summed E-state index contributed by atoms with van der Waals surface area (Å²) in [6.45, 7) is 3.97. The predicted octanol–water partition coefficient (Wildman–Crippen LogP) is 2.99. The van der Waals surface area contributed by atoms with Crippen molar-refractivity contribution in [3.63, 3.8) is 0 Å². The molecule has 1 aromatic heterocycles. The van der Waals surface area contributed by atoms with Crippen LogP contribution in [0.15, 0.2) is 18.3 Å². The van der Waals surface area contributed by atoms with Gasteiger partial charge in [-0.05, 0) is 31.4 Å². The summed E-state index contributed by atoms with van der Waals surface area (Å²) in [4.78, 5) is 22.1. The van der Waals surface area contributed by atoms with E-state index in [9.17, 15) is 9.18 Å². The van der Waals surface area contributed by atoms with Gasteiger partial charge in [0.15, 0.2) is 5.82 Å². The maximum Gasteiger partial charge on any atom is 0.257 e. The summed E-state index contributed by atoms with van der Waals surface area (Å²) >= 11 is 0. The Morgan fingerprint density at radius 2 is 2.07 bits per heavy atom. The number of aromatic nitrogens is 2. The van der Waals surface area contributed by atoms with Gasteiger partial charge in [0.05, 0.1) is 11.8 Å². The van der Waals surface area contributed by atoms with E-state index in [4.69, 9.17) is 4.74 Å². The van der Waals surface area contributed by atoms with Gasteiger partial charge in [-0.1, -0.05) is 6.07 Å². The van der Waals surface area contributed by atoms with Gasteiger partial charge in [-0.3, -0.25) is 4.79 Å². The Balaban J connectivity index is 1.68. The first kappa shape index (κ1) is 17.8. The molecule has 0 unspecified atom stereocenters. The fourth-order valence-electron chi connectivity index (χ4n) is 3.50. The average molecular weight is 374 g/mol. The molecule has 0 saturated carbocycles. The number of halogens is 2. The number of anilines is 1. The highest BCUT2D eigenvalue weighted by atomic mass is 19.1. The van der Waals surface area contributed by atoms with Crippen LogP contribution in [0.4, 0.5) is 14.7 Å². The fraction of sp³-hybridized carbons (Fsp3) is 0.421. The van der Waals surface area contributed by atoms with Gasteiger partial charge < -0.3 is 15.0 Å². The van der Waals surface area contributed by atoms with Crippen LogP contribution in [-0.4, -0.2) is 46.6 Å². The van der Waals surface area contributed by atoms with Gasteiger partial charge in [0, 0.05) is 37.9 Å². The first-order chi connectivity index (χ1) is 13.1. The Bertz CT molecular complexity index is 884. The molecule has 1 aromatic carbocycles. The third-order valence-electron chi connectivity index (χ3n) is 5.03. The fourth-order valence-corrected chi connectivity index (χ4v) is 3.50. The summed E-state index contributed by atoms with van der Waals surface area (Å²) in [6, 6.07) is 3.26. The van der Waals surface area contributed by atoms with Crippen molar-refractivity contribution in [3.05, 3.63) is 41.1 Å². The molecule has 2 aromatic rings. The van der Waals surface area contributed by atoms with Crippen LogP contribution in [0, 0.1) is 11.6 Å². The van der Waals surface area contributed by atoms with Crippen LogP contribution >= 0.6 is 0 Å². The van der Waals surface area contributed by atoms with Crippen molar-refractivity contribution in [2.24, 2.45) is 0 Å². The van der Waals surface area contributed by atoms with Gasteiger partial charge in [0.2, 0.25) is 5.95 Å². The number of nitrogens with zero attached hydrogens (tertiary/aromatic N) is 3. The molecule has 2 aliphatic rings. The van der Waals surface area contributed by atoms with Crippen molar-refractivity contribution in [2.45, 2.75) is 32.4 Å². The number of fused-ring (bicyclic) bond motifs is 1. The van der Waals surface area contributed by atoms with Crippen LogP contribution in [-0.2, 0) is 11.3 Å². The lowest BCUT2D eigenvalue weighted by atomic mass is 10.0. The summed E-state index contributed by atoms with van der Waals surface area (Å²) in [6.07, 6.45) is 2.62. The highest BCUT2D eigenvalue weighted by Crippen LogP contribution is 2.32. The lowest BCUT2D eigenvalue weighted by Gasteiger charge is -2.23. The SMILES string of the molecule is CCN1Cc2ccc(-c3nc(NC4CCOCC4)ncc3F)c(F)c2C1=O. The number of amides is 1. The molecule has 2 aliphatic heterocycles. The second-order valence-corrected chi connectivity index (χ2v) is 6.70. The number of rotatable bonds is 4. The molecule has 0 atom stereocenters. The minimum absolute atomic E-state index is 0.00583. The number of hydrogen-bond donors (Lipinski definition) is 1. The van der Waals surface area contributed by atoms with Crippen LogP contribution < -0.4 is 5.32 Å². The molecule has 1 fully saturated rings. The third-order valence-corrected chi connectivity index (χ3v) is 5.03. The van der Waals surface area contributed by atoms with E-state index in [0.717, 1.165) is 19.0 Å². The van der Waals surface area contributed by atoms with E-state index in [1.54, 1.807) is 11.0 Å². The zero-order chi connectivity index (χ0) is 19.0. The van der Waals surface area contributed by atoms with Gasteiger partial charge in [-0.25, -0.2) is 18.7 Å². The summed E-state index contributed by atoms with van der Waals surface area (Å²) < 4.78 is 34.8. The lowest BCUT2D eigenvalue weighted by molar-refractivity contribution is 0.0784. The molecule has 0 spiro atoms. The van der Waals surface area contributed by atoms with E-state index in [2.05, 4.69) is 15.3 Å². The topological polar surface area (TPSA) is 67.3 Å². The Morgan fingerprint density at radius 1 is 1.30 bits per heavy atom. The number of hydrogen-bond acceptors (Lipinski definition) is 5. The van der Waals surface area contributed by atoms with Crippen molar-refractivity contribution >= 4 is 11.9 Å². The summed E-state index contributed by atoms with van der Waals surface area (Å²) in [7, 11) is 0. The molecule has 0 aliphatic carbocycles. The highest BCUT2D eigenvalue weighted by molar-refractivity contribution is 5.99. The summed E-state index contributed by atoms with van der Waals surface area (Å²) in [5, 5.41) is 3.15. The van der Waals surface area contributed by atoms with E-state index in [0.29, 0.717) is 31.9 Å². The average Bonchev–Trinajstić information content (AvgIpc) is 3.01. The number of carbonyl (C=O) groups is 1. The van der Waals surface area contributed by atoms with E-state index < -0.39 is 11.6 Å². The van der Waals surface area contributed by atoms with E-state index in [1.807, 2.05) is 6.92 Å². The Hall–Kier alpha value is -2.61. The largest absolute Gasteiger partial charge is 0.381 e. The normalized spacial score (nSPS) is 17.3. The predicted molar refractivity (Wildman–Crippen MR) is 95.3 cm³/mol. The molecule has 1 N–H and O–H groups in total. The Kier molecular flexibility index (Phi) is 4.73. The zero-order valence-electron chi connectivity index (χ0n) is 15.0. The first-order valence-corrected chi connectivity index (χ1v) is 9.06. The minimum atomic E-state index is -0.733. The molecule has 8 heteroatoms. The van der Waals surface area contributed by atoms with Crippen LogP contribution in [0.25, 0.3) is 11.3 Å².